The van der Waals surface area contributed by atoms with Gasteiger partial charge in [0.1, 0.15) is 12.6 Å². The van der Waals surface area contributed by atoms with Crippen molar-refractivity contribution in [1.29, 1.82) is 0 Å². The topological polar surface area (TPSA) is 86.8 Å². The van der Waals surface area contributed by atoms with Crippen LogP contribution in [0.4, 0.5) is 5.69 Å². The molecule has 4 aromatic carbocycles. The lowest BCUT2D eigenvalue weighted by molar-refractivity contribution is -0.140. The number of halogens is 2. The van der Waals surface area contributed by atoms with E-state index >= 15 is 0 Å². The maximum atomic E-state index is 14.6. The molecule has 0 heterocycles. The Hall–Kier alpha value is -3.66. The second kappa shape index (κ2) is 15.3. The number of rotatable bonds is 12. The fraction of sp³-hybridized carbons (Fsp3) is 0.278. The van der Waals surface area contributed by atoms with Crippen LogP contribution in [0.15, 0.2) is 112 Å². The highest BCUT2D eigenvalue weighted by Crippen LogP contribution is 2.30. The summed E-state index contributed by atoms with van der Waals surface area (Å²) in [7, 11) is -4.19. The minimum atomic E-state index is -4.19. The molecule has 0 radical (unpaired) electrons. The highest BCUT2D eigenvalue weighted by atomic mass is 79.9. The molecule has 1 aliphatic rings. The van der Waals surface area contributed by atoms with E-state index in [4.69, 9.17) is 11.6 Å². The summed E-state index contributed by atoms with van der Waals surface area (Å²) in [6.45, 7) is 1.34. The monoisotopic (exact) mass is 721 g/mol. The third kappa shape index (κ3) is 8.37. The van der Waals surface area contributed by atoms with E-state index in [1.54, 1.807) is 43.3 Å². The maximum Gasteiger partial charge on any atom is 0.264 e. The number of benzene rings is 4. The number of carbonyl (C=O) groups excluding carboxylic acids is 2. The summed E-state index contributed by atoms with van der Waals surface area (Å²) in [6.07, 6.45) is 4.14. The summed E-state index contributed by atoms with van der Waals surface area (Å²) in [6, 6.07) is 29.2. The van der Waals surface area contributed by atoms with Crippen LogP contribution in [-0.2, 0) is 32.6 Å². The summed E-state index contributed by atoms with van der Waals surface area (Å²) >= 11 is 9.77. The molecular formula is C36H37BrClN3O4S. The van der Waals surface area contributed by atoms with Crippen molar-refractivity contribution in [3.63, 3.8) is 0 Å². The normalized spacial score (nSPS) is 14.1. The summed E-state index contributed by atoms with van der Waals surface area (Å²) < 4.78 is 30.3. The minimum Gasteiger partial charge on any atom is -0.352 e. The molecule has 240 valence electrons. The summed E-state index contributed by atoms with van der Waals surface area (Å²) in [5.74, 6) is -0.754. The molecule has 0 bridgehead atoms. The summed E-state index contributed by atoms with van der Waals surface area (Å²) in [5.41, 5.74) is 2.62. The second-order valence-electron chi connectivity index (χ2n) is 11.6. The van der Waals surface area contributed by atoms with Crippen LogP contribution in [0.2, 0.25) is 5.02 Å². The Morgan fingerprint density at radius 1 is 0.891 bits per heavy atom. The van der Waals surface area contributed by atoms with Gasteiger partial charge in [-0.1, -0.05) is 101 Å². The van der Waals surface area contributed by atoms with Crippen molar-refractivity contribution in [3.05, 3.63) is 129 Å². The number of aryl methyl sites for hydroxylation is 1. The number of nitrogens with zero attached hydrogens (tertiary/aromatic N) is 2. The molecule has 1 saturated carbocycles. The van der Waals surface area contributed by atoms with Gasteiger partial charge in [0, 0.05) is 28.5 Å². The molecule has 4 aromatic rings. The zero-order valence-corrected chi connectivity index (χ0v) is 28.8. The van der Waals surface area contributed by atoms with E-state index in [9.17, 15) is 18.0 Å². The van der Waals surface area contributed by atoms with E-state index in [1.165, 1.54) is 17.0 Å². The molecule has 0 aromatic heterocycles. The third-order valence-corrected chi connectivity index (χ3v) is 10.8. The third-order valence-electron chi connectivity index (χ3n) is 8.25. The number of sulfonamides is 1. The quantitative estimate of drug-likeness (QED) is 0.166. The fourth-order valence-corrected chi connectivity index (χ4v) is 8.06. The van der Waals surface area contributed by atoms with Gasteiger partial charge < -0.3 is 10.2 Å². The molecular weight excluding hydrogens is 686 g/mol. The maximum absolute atomic E-state index is 14.6. The average Bonchev–Trinajstić information content (AvgIpc) is 3.56. The van der Waals surface area contributed by atoms with Crippen LogP contribution in [0.3, 0.4) is 0 Å². The van der Waals surface area contributed by atoms with E-state index in [2.05, 4.69) is 21.2 Å². The molecule has 0 spiro atoms. The number of amides is 2. The zero-order chi connectivity index (χ0) is 32.7. The molecule has 7 nitrogen and oxygen atoms in total. The van der Waals surface area contributed by atoms with Crippen LogP contribution in [0.1, 0.15) is 42.4 Å². The van der Waals surface area contributed by atoms with E-state index in [1.807, 2.05) is 54.6 Å². The zero-order valence-electron chi connectivity index (χ0n) is 25.6. The summed E-state index contributed by atoms with van der Waals surface area (Å²) in [4.78, 5) is 30.3. The van der Waals surface area contributed by atoms with E-state index < -0.39 is 28.5 Å². The highest BCUT2D eigenvalue weighted by molar-refractivity contribution is 9.10. The van der Waals surface area contributed by atoms with Gasteiger partial charge in [-0.25, -0.2) is 8.42 Å². The van der Waals surface area contributed by atoms with Crippen LogP contribution in [0.5, 0.6) is 0 Å². The van der Waals surface area contributed by atoms with Gasteiger partial charge in [-0.05, 0) is 78.9 Å². The van der Waals surface area contributed by atoms with Gasteiger partial charge in [0.05, 0.1) is 10.6 Å². The predicted octanol–water partition coefficient (Wildman–Crippen LogP) is 7.31. The molecule has 5 rings (SSSR count). The molecule has 0 aliphatic heterocycles. The Bertz CT molecular complexity index is 1770. The Labute approximate surface area is 284 Å². The Kier molecular flexibility index (Phi) is 11.2. The van der Waals surface area contributed by atoms with Crippen LogP contribution in [0, 0.1) is 6.92 Å². The first-order chi connectivity index (χ1) is 22.1. The molecule has 1 aliphatic carbocycles. The number of nitrogens with one attached hydrogen (secondary N) is 1. The lowest BCUT2D eigenvalue weighted by Crippen LogP contribution is -2.54. The highest BCUT2D eigenvalue weighted by Gasteiger charge is 2.36. The largest absolute Gasteiger partial charge is 0.352 e. The van der Waals surface area contributed by atoms with Gasteiger partial charge in [0.25, 0.3) is 10.0 Å². The number of hydrogen-bond acceptors (Lipinski definition) is 4. The summed E-state index contributed by atoms with van der Waals surface area (Å²) in [5, 5.41) is 3.65. The Morgan fingerprint density at radius 3 is 2.20 bits per heavy atom. The van der Waals surface area contributed by atoms with Crippen LogP contribution in [0.25, 0.3) is 0 Å². The van der Waals surface area contributed by atoms with Crippen molar-refractivity contribution in [2.45, 2.75) is 62.6 Å². The van der Waals surface area contributed by atoms with Crippen molar-refractivity contribution in [2.24, 2.45) is 0 Å². The SMILES string of the molecule is Cc1cc(Cl)ccc1N(CC(=O)N(Cc1cccc(Br)c1)[C@@H](Cc1ccccc1)C(=O)NC1CCCC1)S(=O)(=O)c1ccccc1. The van der Waals surface area contributed by atoms with Gasteiger partial charge in [-0.3, -0.25) is 13.9 Å². The molecule has 2 amide bonds. The predicted molar refractivity (Wildman–Crippen MR) is 186 cm³/mol. The first-order valence-electron chi connectivity index (χ1n) is 15.3. The van der Waals surface area contributed by atoms with Crippen molar-refractivity contribution >= 4 is 55.1 Å². The van der Waals surface area contributed by atoms with Gasteiger partial charge in [0.2, 0.25) is 11.8 Å². The van der Waals surface area contributed by atoms with Crippen LogP contribution < -0.4 is 9.62 Å². The average molecular weight is 723 g/mol. The molecule has 10 heteroatoms. The number of hydrogen-bond donors (Lipinski definition) is 1. The Morgan fingerprint density at radius 2 is 1.54 bits per heavy atom. The van der Waals surface area contributed by atoms with E-state index in [0.29, 0.717) is 16.3 Å². The second-order valence-corrected chi connectivity index (χ2v) is 14.8. The van der Waals surface area contributed by atoms with Crippen LogP contribution >= 0.6 is 27.5 Å². The van der Waals surface area contributed by atoms with Crippen molar-refractivity contribution in [2.75, 3.05) is 10.8 Å². The standard InChI is InChI=1S/C36H37BrClN3O4S/c1-26-21-30(38)19-20-33(26)41(46(44,45)32-17-6-3-7-18-32)25-35(42)40(24-28-13-10-14-29(37)22-28)34(23-27-11-4-2-5-12-27)36(43)39-31-15-8-9-16-31/h2-7,10-14,17-22,31,34H,8-9,15-16,23-25H2,1H3,(H,39,43)/t34-/m0/s1. The Balaban J connectivity index is 1.58. The van der Waals surface area contributed by atoms with Gasteiger partial charge in [-0.2, -0.15) is 0 Å². The smallest absolute Gasteiger partial charge is 0.264 e. The van der Waals surface area contributed by atoms with Gasteiger partial charge in [0.15, 0.2) is 0 Å². The lowest BCUT2D eigenvalue weighted by Gasteiger charge is -2.34. The molecule has 1 atom stereocenters. The molecule has 1 N–H and O–H groups in total. The number of carbonyl (C=O) groups is 2. The van der Waals surface area contributed by atoms with Gasteiger partial charge in [-0.15, -0.1) is 0 Å². The first kappa shape index (κ1) is 33.7. The van der Waals surface area contributed by atoms with Crippen molar-refractivity contribution in [1.82, 2.24) is 10.2 Å². The van der Waals surface area contributed by atoms with E-state index in [-0.39, 0.29) is 29.8 Å². The van der Waals surface area contributed by atoms with Gasteiger partial charge >= 0.3 is 0 Å². The molecule has 46 heavy (non-hydrogen) atoms. The minimum absolute atomic E-state index is 0.0419. The molecule has 0 unspecified atom stereocenters. The van der Waals surface area contributed by atoms with E-state index in [0.717, 1.165) is 45.6 Å². The molecule has 0 saturated heterocycles. The molecule has 1 fully saturated rings. The fourth-order valence-electron chi connectivity index (χ4n) is 5.89. The van der Waals surface area contributed by atoms with Crippen molar-refractivity contribution < 1.29 is 18.0 Å². The first-order valence-corrected chi connectivity index (χ1v) is 17.9. The van der Waals surface area contributed by atoms with Crippen LogP contribution in [-0.4, -0.2) is 43.8 Å². The van der Waals surface area contributed by atoms with Crippen molar-refractivity contribution in [3.8, 4) is 0 Å². The lowest BCUT2D eigenvalue weighted by atomic mass is 10.0. The number of anilines is 1.